The highest BCUT2D eigenvalue weighted by atomic mass is 32.2. The van der Waals surface area contributed by atoms with Crippen molar-refractivity contribution < 1.29 is 17.6 Å². The monoisotopic (exact) mass is 387 g/mol. The number of amides is 1. The van der Waals surface area contributed by atoms with Crippen LogP contribution in [0.4, 0.5) is 10.1 Å². The zero-order valence-electron chi connectivity index (χ0n) is 14.4. The Bertz CT molecular complexity index is 1040. The fourth-order valence-corrected chi connectivity index (χ4v) is 4.70. The summed E-state index contributed by atoms with van der Waals surface area (Å²) in [4.78, 5) is 14.4. The number of piperidine rings is 1. The van der Waals surface area contributed by atoms with Crippen molar-refractivity contribution in [2.45, 2.75) is 17.7 Å². The van der Waals surface area contributed by atoms with Gasteiger partial charge in [-0.2, -0.15) is 8.42 Å². The number of sulfonamides is 1. The number of amidine groups is 1. The van der Waals surface area contributed by atoms with Crippen LogP contribution in [0, 0.1) is 11.7 Å². The number of nitrogens with zero attached hydrogens (tertiary/aromatic N) is 2. The molecule has 6 nitrogen and oxygen atoms in total. The fourth-order valence-electron chi connectivity index (χ4n) is 3.50. The number of para-hydroxylation sites is 1. The van der Waals surface area contributed by atoms with Crippen LogP contribution in [0.15, 0.2) is 57.8 Å². The van der Waals surface area contributed by atoms with Gasteiger partial charge < -0.3 is 10.2 Å². The lowest BCUT2D eigenvalue weighted by Crippen LogP contribution is -2.44. The average molecular weight is 387 g/mol. The van der Waals surface area contributed by atoms with Crippen LogP contribution < -0.4 is 5.32 Å². The first kappa shape index (κ1) is 17.7. The van der Waals surface area contributed by atoms with Crippen LogP contribution in [0.5, 0.6) is 0 Å². The van der Waals surface area contributed by atoms with E-state index in [0.29, 0.717) is 30.9 Å². The lowest BCUT2D eigenvalue weighted by atomic mass is 9.95. The van der Waals surface area contributed by atoms with Crippen molar-refractivity contribution in [3.05, 3.63) is 59.9 Å². The van der Waals surface area contributed by atoms with Crippen LogP contribution in [0.2, 0.25) is 0 Å². The number of halogens is 1. The van der Waals surface area contributed by atoms with E-state index >= 15 is 0 Å². The highest BCUT2D eigenvalue weighted by Gasteiger charge is 2.33. The number of fused-ring (bicyclic) bond motifs is 1. The molecule has 4 rings (SSSR count). The molecule has 27 heavy (non-hydrogen) atoms. The Balaban J connectivity index is 1.58. The van der Waals surface area contributed by atoms with Crippen molar-refractivity contribution in [1.82, 2.24) is 4.90 Å². The lowest BCUT2D eigenvalue weighted by molar-refractivity contribution is 0.0698. The molecule has 0 bridgehead atoms. The zero-order valence-corrected chi connectivity index (χ0v) is 15.2. The minimum atomic E-state index is -3.78. The smallest absolute Gasteiger partial charge is 0.286 e. The largest absolute Gasteiger partial charge is 0.342 e. The lowest BCUT2D eigenvalue weighted by Gasteiger charge is -2.34. The summed E-state index contributed by atoms with van der Waals surface area (Å²) in [6, 6.07) is 12.5. The van der Waals surface area contributed by atoms with Gasteiger partial charge in [0.25, 0.3) is 15.9 Å². The van der Waals surface area contributed by atoms with E-state index in [1.807, 2.05) is 0 Å². The normalized spacial score (nSPS) is 21.0. The van der Waals surface area contributed by atoms with Crippen LogP contribution in [-0.4, -0.2) is 38.2 Å². The number of anilines is 1. The Morgan fingerprint density at radius 3 is 2.70 bits per heavy atom. The van der Waals surface area contributed by atoms with Gasteiger partial charge in [-0.15, -0.1) is 4.40 Å². The van der Waals surface area contributed by atoms with Gasteiger partial charge in [-0.05, 0) is 37.1 Å². The van der Waals surface area contributed by atoms with Crippen molar-refractivity contribution in [2.24, 2.45) is 10.3 Å². The van der Waals surface area contributed by atoms with Crippen molar-refractivity contribution in [2.75, 3.05) is 18.4 Å². The van der Waals surface area contributed by atoms with Crippen LogP contribution in [-0.2, 0) is 10.0 Å². The fraction of sp³-hybridized carbons (Fsp3) is 0.263. The maximum absolute atomic E-state index is 14.0. The third-order valence-electron chi connectivity index (χ3n) is 4.85. The first-order valence-electron chi connectivity index (χ1n) is 8.70. The van der Waals surface area contributed by atoms with Gasteiger partial charge in [0.15, 0.2) is 0 Å². The van der Waals surface area contributed by atoms with Crippen molar-refractivity contribution in [3.63, 3.8) is 0 Å². The topological polar surface area (TPSA) is 78.8 Å². The van der Waals surface area contributed by atoms with E-state index in [2.05, 4.69) is 9.71 Å². The highest BCUT2D eigenvalue weighted by molar-refractivity contribution is 7.90. The molecule has 1 unspecified atom stereocenters. The molecule has 0 radical (unpaired) electrons. The number of rotatable bonds is 2. The quantitative estimate of drug-likeness (QED) is 0.859. The molecule has 0 aromatic heterocycles. The van der Waals surface area contributed by atoms with E-state index in [1.54, 1.807) is 29.2 Å². The molecule has 2 aliphatic heterocycles. The first-order chi connectivity index (χ1) is 13.0. The van der Waals surface area contributed by atoms with Gasteiger partial charge in [0.1, 0.15) is 16.5 Å². The molecule has 8 heteroatoms. The molecule has 2 heterocycles. The average Bonchev–Trinajstić information content (AvgIpc) is 2.67. The maximum Gasteiger partial charge on any atom is 0.286 e. The van der Waals surface area contributed by atoms with E-state index in [0.717, 1.165) is 0 Å². The molecule has 1 N–H and O–H groups in total. The van der Waals surface area contributed by atoms with Crippen LogP contribution in [0.1, 0.15) is 23.2 Å². The second-order valence-electron chi connectivity index (χ2n) is 6.64. The number of benzene rings is 2. The second-order valence-corrected chi connectivity index (χ2v) is 8.22. The molecule has 2 aliphatic rings. The first-order valence-corrected chi connectivity index (χ1v) is 10.1. The molecule has 1 saturated heterocycles. The minimum absolute atomic E-state index is 0.0228. The Labute approximate surface area is 156 Å². The second kappa shape index (κ2) is 6.77. The summed E-state index contributed by atoms with van der Waals surface area (Å²) in [5.74, 6) is -0.871. The van der Waals surface area contributed by atoms with E-state index in [-0.39, 0.29) is 22.9 Å². The Hall–Kier alpha value is -2.74. The van der Waals surface area contributed by atoms with E-state index in [1.165, 1.54) is 24.3 Å². The summed E-state index contributed by atoms with van der Waals surface area (Å²) >= 11 is 0. The Kier molecular flexibility index (Phi) is 4.43. The summed E-state index contributed by atoms with van der Waals surface area (Å²) in [7, 11) is -3.78. The number of hydrogen-bond acceptors (Lipinski definition) is 4. The standard InChI is InChI=1S/C19H18FN3O3S/c20-15-8-2-1-7-14(15)19(24)23-11-5-6-13(12-23)18-21-16-9-3-4-10-17(16)27(25,26)22-18/h1-4,7-10,13H,5-6,11-12H2,(H,21,22). The SMILES string of the molecule is O=C(c1ccccc1F)N1CCCC(C2=NS(=O)(=O)c3ccccc3N2)C1. The van der Waals surface area contributed by atoms with Crippen LogP contribution >= 0.6 is 0 Å². The van der Waals surface area contributed by atoms with Gasteiger partial charge >= 0.3 is 0 Å². The summed E-state index contributed by atoms with van der Waals surface area (Å²) < 4.78 is 42.8. The predicted molar refractivity (Wildman–Crippen MR) is 99.7 cm³/mol. The van der Waals surface area contributed by atoms with Gasteiger partial charge in [-0.25, -0.2) is 4.39 Å². The summed E-state index contributed by atoms with van der Waals surface area (Å²) in [6.45, 7) is 0.789. The van der Waals surface area contributed by atoms with E-state index in [9.17, 15) is 17.6 Å². The van der Waals surface area contributed by atoms with Crippen molar-refractivity contribution in [3.8, 4) is 0 Å². The number of hydrogen-bond donors (Lipinski definition) is 1. The van der Waals surface area contributed by atoms with Crippen molar-refractivity contribution in [1.29, 1.82) is 0 Å². The predicted octanol–water partition coefficient (Wildman–Crippen LogP) is 2.89. The molecule has 2 aromatic carbocycles. The molecule has 0 aliphatic carbocycles. The van der Waals surface area contributed by atoms with E-state index < -0.39 is 21.7 Å². The highest BCUT2D eigenvalue weighted by Crippen LogP contribution is 2.30. The molecule has 0 saturated carbocycles. The Morgan fingerprint density at radius 1 is 1.15 bits per heavy atom. The maximum atomic E-state index is 14.0. The number of nitrogens with one attached hydrogen (secondary N) is 1. The molecule has 0 spiro atoms. The molecular weight excluding hydrogens is 369 g/mol. The molecule has 1 amide bonds. The Morgan fingerprint density at radius 2 is 1.89 bits per heavy atom. The third kappa shape index (κ3) is 3.32. The summed E-state index contributed by atoms with van der Waals surface area (Å²) in [6.07, 6.45) is 1.39. The van der Waals surface area contributed by atoms with Gasteiger partial charge in [0.05, 0.1) is 11.3 Å². The van der Waals surface area contributed by atoms with Gasteiger partial charge in [-0.1, -0.05) is 24.3 Å². The van der Waals surface area contributed by atoms with Gasteiger partial charge in [0, 0.05) is 19.0 Å². The van der Waals surface area contributed by atoms with Crippen molar-refractivity contribution >= 4 is 27.5 Å². The zero-order chi connectivity index (χ0) is 19.0. The molecule has 1 fully saturated rings. The summed E-state index contributed by atoms with van der Waals surface area (Å²) in [5, 5.41) is 3.09. The minimum Gasteiger partial charge on any atom is -0.342 e. The van der Waals surface area contributed by atoms with Crippen LogP contribution in [0.25, 0.3) is 0 Å². The van der Waals surface area contributed by atoms with Gasteiger partial charge in [0.2, 0.25) is 0 Å². The molecule has 2 aromatic rings. The third-order valence-corrected chi connectivity index (χ3v) is 6.19. The van der Waals surface area contributed by atoms with E-state index in [4.69, 9.17) is 0 Å². The van der Waals surface area contributed by atoms with Crippen LogP contribution in [0.3, 0.4) is 0 Å². The number of carbonyl (C=O) groups excluding carboxylic acids is 1. The number of likely N-dealkylation sites (tertiary alicyclic amines) is 1. The summed E-state index contributed by atoms with van der Waals surface area (Å²) in [5.41, 5.74) is 0.509. The molecule has 1 atom stereocenters. The molecular formula is C19H18FN3O3S. The van der Waals surface area contributed by atoms with Gasteiger partial charge in [-0.3, -0.25) is 4.79 Å². The molecule has 140 valence electrons. The number of carbonyl (C=O) groups is 1.